The molecule has 0 aromatic carbocycles. The molecule has 1 aromatic heterocycles. The lowest BCUT2D eigenvalue weighted by Crippen LogP contribution is -2.13. The van der Waals surface area contributed by atoms with Gasteiger partial charge in [-0.15, -0.1) is 0 Å². The Kier molecular flexibility index (Phi) is 2.74. The van der Waals surface area contributed by atoms with E-state index in [9.17, 15) is 9.18 Å². The molecule has 0 saturated heterocycles. The predicted octanol–water partition coefficient (Wildman–Crippen LogP) is 1.11. The third kappa shape index (κ3) is 2.11. The maximum atomic E-state index is 12.7. The number of allylic oxidation sites excluding steroid dienone is 1. The van der Waals surface area contributed by atoms with Crippen molar-refractivity contribution >= 4 is 11.5 Å². The molecule has 0 aliphatic carbocycles. The molecule has 0 spiro atoms. The van der Waals surface area contributed by atoms with Crippen molar-refractivity contribution < 1.29 is 9.18 Å². The van der Waals surface area contributed by atoms with E-state index in [1.807, 2.05) is 0 Å². The Morgan fingerprint density at radius 2 is 2.31 bits per heavy atom. The molecule has 68 valence electrons. The van der Waals surface area contributed by atoms with Gasteiger partial charge in [-0.1, -0.05) is 6.08 Å². The number of nitrogens with two attached hydrogens (primary N) is 1. The summed E-state index contributed by atoms with van der Waals surface area (Å²) >= 11 is 0. The van der Waals surface area contributed by atoms with Gasteiger partial charge in [0.1, 0.15) is 5.82 Å². The number of nitrogens with zero attached hydrogens (tertiary/aromatic N) is 1. The topological polar surface area (TPSA) is 56.0 Å². The lowest BCUT2D eigenvalue weighted by atomic mass is 10.1. The van der Waals surface area contributed by atoms with Gasteiger partial charge >= 0.3 is 0 Å². The molecule has 0 saturated carbocycles. The van der Waals surface area contributed by atoms with Gasteiger partial charge < -0.3 is 5.73 Å². The molecule has 2 N–H and O–H groups in total. The van der Waals surface area contributed by atoms with E-state index < -0.39 is 11.7 Å². The van der Waals surface area contributed by atoms with E-state index in [1.54, 1.807) is 6.92 Å². The van der Waals surface area contributed by atoms with Crippen LogP contribution in [0.1, 0.15) is 12.5 Å². The van der Waals surface area contributed by atoms with Crippen molar-refractivity contribution in [3.05, 3.63) is 35.9 Å². The van der Waals surface area contributed by atoms with E-state index in [1.165, 1.54) is 18.3 Å². The molecule has 1 heterocycles. The standard InChI is InChI=1S/C9H9FN2O/c1-2-8(9(11)13)6-3-7(10)5-12-4-6/h2-5H,1H3,(H2,11,13)/b8-2+. The fourth-order valence-electron chi connectivity index (χ4n) is 1.01. The highest BCUT2D eigenvalue weighted by atomic mass is 19.1. The van der Waals surface area contributed by atoms with Crippen molar-refractivity contribution in [2.75, 3.05) is 0 Å². The minimum absolute atomic E-state index is 0.270. The van der Waals surface area contributed by atoms with Gasteiger partial charge in [0.15, 0.2) is 0 Å². The van der Waals surface area contributed by atoms with E-state index in [0.717, 1.165) is 6.20 Å². The Balaban J connectivity index is 3.14. The molecule has 0 aliphatic heterocycles. The number of aromatic nitrogens is 1. The number of pyridine rings is 1. The zero-order valence-corrected chi connectivity index (χ0v) is 7.12. The van der Waals surface area contributed by atoms with Crippen LogP contribution >= 0.6 is 0 Å². The first-order valence-electron chi connectivity index (χ1n) is 3.72. The number of primary amides is 1. The summed E-state index contributed by atoms with van der Waals surface area (Å²) in [6.07, 6.45) is 3.99. The molecular weight excluding hydrogens is 171 g/mol. The van der Waals surface area contributed by atoms with E-state index in [-0.39, 0.29) is 5.57 Å². The molecule has 1 rings (SSSR count). The summed E-state index contributed by atoms with van der Waals surface area (Å²) in [5.41, 5.74) is 5.74. The van der Waals surface area contributed by atoms with Gasteiger partial charge in [0.05, 0.1) is 6.20 Å². The van der Waals surface area contributed by atoms with Crippen molar-refractivity contribution in [2.24, 2.45) is 5.73 Å². The number of carbonyl (C=O) groups excluding carboxylic acids is 1. The van der Waals surface area contributed by atoms with Crippen LogP contribution in [0.5, 0.6) is 0 Å². The first-order chi connectivity index (χ1) is 6.15. The molecule has 0 aliphatic rings. The minimum atomic E-state index is -0.588. The molecule has 0 fully saturated rings. The van der Waals surface area contributed by atoms with Crippen LogP contribution in [0.4, 0.5) is 4.39 Å². The van der Waals surface area contributed by atoms with Gasteiger partial charge in [-0.3, -0.25) is 9.78 Å². The predicted molar refractivity (Wildman–Crippen MR) is 47.0 cm³/mol. The van der Waals surface area contributed by atoms with Crippen molar-refractivity contribution in [2.45, 2.75) is 6.92 Å². The lowest BCUT2D eigenvalue weighted by Gasteiger charge is -2.01. The van der Waals surface area contributed by atoms with Crippen molar-refractivity contribution in [1.29, 1.82) is 0 Å². The SMILES string of the molecule is C/C=C(/C(N)=O)c1cncc(F)c1. The second-order valence-corrected chi connectivity index (χ2v) is 2.46. The van der Waals surface area contributed by atoms with Crippen LogP contribution in [0.2, 0.25) is 0 Å². The van der Waals surface area contributed by atoms with Gasteiger partial charge in [0.2, 0.25) is 5.91 Å². The van der Waals surface area contributed by atoms with Crippen molar-refractivity contribution in [3.63, 3.8) is 0 Å². The zero-order chi connectivity index (χ0) is 9.84. The summed E-state index contributed by atoms with van der Waals surface area (Å²) in [7, 11) is 0. The fraction of sp³-hybridized carbons (Fsp3) is 0.111. The Morgan fingerprint density at radius 3 is 2.77 bits per heavy atom. The van der Waals surface area contributed by atoms with E-state index >= 15 is 0 Å². The van der Waals surface area contributed by atoms with E-state index in [4.69, 9.17) is 5.73 Å². The second kappa shape index (κ2) is 3.80. The first-order valence-corrected chi connectivity index (χ1v) is 3.72. The van der Waals surface area contributed by atoms with Gasteiger partial charge in [-0.25, -0.2) is 4.39 Å². The van der Waals surface area contributed by atoms with Crippen LogP contribution in [0.3, 0.4) is 0 Å². The normalized spacial score (nSPS) is 11.4. The summed E-state index contributed by atoms with van der Waals surface area (Å²) < 4.78 is 12.7. The first kappa shape index (κ1) is 9.38. The summed E-state index contributed by atoms with van der Waals surface area (Å²) in [6.45, 7) is 1.66. The maximum Gasteiger partial charge on any atom is 0.249 e. The van der Waals surface area contributed by atoms with Crippen molar-refractivity contribution in [3.8, 4) is 0 Å². The number of carbonyl (C=O) groups is 1. The molecule has 0 radical (unpaired) electrons. The highest BCUT2D eigenvalue weighted by Gasteiger charge is 2.07. The molecule has 1 aromatic rings. The third-order valence-corrected chi connectivity index (χ3v) is 1.57. The molecule has 0 unspecified atom stereocenters. The quantitative estimate of drug-likeness (QED) is 0.693. The summed E-state index contributed by atoms with van der Waals surface area (Å²) in [4.78, 5) is 14.5. The zero-order valence-electron chi connectivity index (χ0n) is 7.12. The van der Waals surface area contributed by atoms with Crippen LogP contribution in [0, 0.1) is 5.82 Å². The second-order valence-electron chi connectivity index (χ2n) is 2.46. The molecule has 1 amide bonds. The Bertz CT molecular complexity index is 360. The molecule has 3 nitrogen and oxygen atoms in total. The van der Waals surface area contributed by atoms with Crippen LogP contribution in [0.25, 0.3) is 5.57 Å². The minimum Gasteiger partial charge on any atom is -0.366 e. The third-order valence-electron chi connectivity index (χ3n) is 1.57. The highest BCUT2D eigenvalue weighted by Crippen LogP contribution is 2.13. The monoisotopic (exact) mass is 180 g/mol. The van der Waals surface area contributed by atoms with Crippen LogP contribution in [0.15, 0.2) is 24.5 Å². The number of amides is 1. The van der Waals surface area contributed by atoms with Crippen molar-refractivity contribution in [1.82, 2.24) is 4.98 Å². The molecular formula is C9H9FN2O. The molecule has 4 heteroatoms. The fourth-order valence-corrected chi connectivity index (χ4v) is 1.01. The lowest BCUT2D eigenvalue weighted by molar-refractivity contribution is -0.112. The van der Waals surface area contributed by atoms with E-state index in [0.29, 0.717) is 5.56 Å². The van der Waals surface area contributed by atoms with Crippen LogP contribution < -0.4 is 5.73 Å². The molecule has 0 atom stereocenters. The Morgan fingerprint density at radius 1 is 1.62 bits per heavy atom. The van der Waals surface area contributed by atoms with E-state index in [2.05, 4.69) is 4.98 Å². The van der Waals surface area contributed by atoms with Gasteiger partial charge in [-0.2, -0.15) is 0 Å². The largest absolute Gasteiger partial charge is 0.366 e. The van der Waals surface area contributed by atoms with Gasteiger partial charge in [0.25, 0.3) is 0 Å². The number of halogens is 1. The van der Waals surface area contributed by atoms with Crippen LogP contribution in [-0.2, 0) is 4.79 Å². The summed E-state index contributed by atoms with van der Waals surface area (Å²) in [5.74, 6) is -1.08. The summed E-state index contributed by atoms with van der Waals surface area (Å²) in [5, 5.41) is 0. The molecule has 13 heavy (non-hydrogen) atoms. The summed E-state index contributed by atoms with van der Waals surface area (Å²) in [6, 6.07) is 1.22. The average Bonchev–Trinajstić information content (AvgIpc) is 2.04. The molecule has 0 bridgehead atoms. The highest BCUT2D eigenvalue weighted by molar-refractivity contribution is 6.18. The maximum absolute atomic E-state index is 12.7. The number of hydrogen-bond donors (Lipinski definition) is 1. The smallest absolute Gasteiger partial charge is 0.249 e. The number of hydrogen-bond acceptors (Lipinski definition) is 2. The average molecular weight is 180 g/mol. The Hall–Kier alpha value is -1.71. The van der Waals surface area contributed by atoms with Crippen LogP contribution in [-0.4, -0.2) is 10.9 Å². The van der Waals surface area contributed by atoms with Gasteiger partial charge in [0, 0.05) is 17.3 Å². The Labute approximate surface area is 75.1 Å². The number of rotatable bonds is 2. The van der Waals surface area contributed by atoms with Gasteiger partial charge in [-0.05, 0) is 13.0 Å².